The van der Waals surface area contributed by atoms with Gasteiger partial charge in [0.1, 0.15) is 11.6 Å². The number of piperidine rings is 2. The molecule has 7 heteroatoms. The van der Waals surface area contributed by atoms with Crippen molar-refractivity contribution in [1.82, 2.24) is 25.1 Å². The number of aromatic amines is 1. The number of rotatable bonds is 4. The van der Waals surface area contributed by atoms with E-state index in [0.29, 0.717) is 6.04 Å². The Morgan fingerprint density at radius 1 is 1.07 bits per heavy atom. The van der Waals surface area contributed by atoms with Gasteiger partial charge in [0.25, 0.3) is 0 Å². The first-order chi connectivity index (χ1) is 13.2. The molecule has 3 saturated heterocycles. The van der Waals surface area contributed by atoms with Crippen LogP contribution in [0.3, 0.4) is 0 Å². The molecule has 138 valence electrons. The summed E-state index contributed by atoms with van der Waals surface area (Å²) in [6, 6.07) is 11.0. The second kappa shape index (κ2) is 5.66. The molecule has 3 aromatic heterocycles. The fourth-order valence-corrected chi connectivity index (χ4v) is 5.19. The van der Waals surface area contributed by atoms with Crippen molar-refractivity contribution < 1.29 is 0 Å². The number of aromatic nitrogens is 4. The first-order valence-corrected chi connectivity index (χ1v) is 9.82. The molecule has 0 bridgehead atoms. The van der Waals surface area contributed by atoms with E-state index in [1.54, 1.807) is 0 Å². The molecule has 3 aliphatic rings. The van der Waals surface area contributed by atoms with Gasteiger partial charge >= 0.3 is 0 Å². The third kappa shape index (κ3) is 2.49. The van der Waals surface area contributed by atoms with Gasteiger partial charge in [-0.05, 0) is 44.7 Å². The van der Waals surface area contributed by atoms with Gasteiger partial charge in [0.05, 0.1) is 5.52 Å². The molecule has 3 fully saturated rings. The molecule has 1 unspecified atom stereocenters. The zero-order chi connectivity index (χ0) is 18.0. The topological polar surface area (TPSA) is 81.8 Å². The van der Waals surface area contributed by atoms with Crippen LogP contribution >= 0.6 is 0 Å². The van der Waals surface area contributed by atoms with Gasteiger partial charge in [-0.2, -0.15) is 5.10 Å². The summed E-state index contributed by atoms with van der Waals surface area (Å²) in [6.45, 7) is 1.98. The number of aryl methyl sites for hydroxylation is 1. The number of hydrogen-bond acceptors (Lipinski definition) is 6. The van der Waals surface area contributed by atoms with E-state index in [1.165, 1.54) is 25.7 Å². The predicted octanol–water partition coefficient (Wildman–Crippen LogP) is 3.19. The van der Waals surface area contributed by atoms with E-state index in [4.69, 9.17) is 4.98 Å². The highest BCUT2D eigenvalue weighted by molar-refractivity contribution is 5.91. The summed E-state index contributed by atoms with van der Waals surface area (Å²) in [7, 11) is 0. The smallest absolute Gasteiger partial charge is 0.153 e. The van der Waals surface area contributed by atoms with Crippen LogP contribution in [0.1, 0.15) is 31.4 Å². The van der Waals surface area contributed by atoms with Crippen LogP contribution in [0.15, 0.2) is 30.5 Å². The third-order valence-corrected chi connectivity index (χ3v) is 6.37. The second-order valence-corrected chi connectivity index (χ2v) is 8.18. The maximum Gasteiger partial charge on any atom is 0.153 e. The number of pyridine rings is 2. The number of anilines is 3. The number of hydrogen-bond donors (Lipinski definition) is 3. The number of H-pyrrole nitrogens is 1. The van der Waals surface area contributed by atoms with Gasteiger partial charge in [-0.3, -0.25) is 15.0 Å². The molecule has 0 aromatic carbocycles. The molecular formula is C20H23N7. The van der Waals surface area contributed by atoms with E-state index >= 15 is 0 Å². The summed E-state index contributed by atoms with van der Waals surface area (Å²) >= 11 is 0. The van der Waals surface area contributed by atoms with Crippen molar-refractivity contribution in [1.29, 1.82) is 0 Å². The third-order valence-electron chi connectivity index (χ3n) is 6.37. The lowest BCUT2D eigenvalue weighted by atomic mass is 9.68. The van der Waals surface area contributed by atoms with E-state index in [0.717, 1.165) is 52.2 Å². The van der Waals surface area contributed by atoms with Crippen molar-refractivity contribution in [3.8, 4) is 0 Å². The Hall–Kier alpha value is -2.67. The van der Waals surface area contributed by atoms with Crippen molar-refractivity contribution in [2.45, 2.75) is 56.8 Å². The SMILES string of the molecule is Cc1cc(Nc2cc3ncccc3c(N[C@@H]3C[C@H]4CC5C[C@@H](C3)N54)n2)n[nH]1. The normalized spacial score (nSPS) is 28.9. The highest BCUT2D eigenvalue weighted by Gasteiger charge is 2.54. The van der Waals surface area contributed by atoms with Gasteiger partial charge in [-0.1, -0.05) is 0 Å². The second-order valence-electron chi connectivity index (χ2n) is 8.18. The van der Waals surface area contributed by atoms with Gasteiger partial charge in [0.15, 0.2) is 5.82 Å². The van der Waals surface area contributed by atoms with Crippen LogP contribution in [0.2, 0.25) is 0 Å². The number of nitrogens with zero attached hydrogens (tertiary/aromatic N) is 4. The monoisotopic (exact) mass is 361 g/mol. The fourth-order valence-electron chi connectivity index (χ4n) is 5.19. The highest BCUT2D eigenvalue weighted by atomic mass is 15.3. The summed E-state index contributed by atoms with van der Waals surface area (Å²) in [5.41, 5.74) is 1.95. The summed E-state index contributed by atoms with van der Waals surface area (Å²) in [4.78, 5) is 12.1. The molecule has 0 saturated carbocycles. The Kier molecular flexibility index (Phi) is 3.23. The minimum Gasteiger partial charge on any atom is -0.367 e. The largest absolute Gasteiger partial charge is 0.367 e. The van der Waals surface area contributed by atoms with Crippen molar-refractivity contribution in [3.05, 3.63) is 36.2 Å². The van der Waals surface area contributed by atoms with Gasteiger partial charge in [0, 0.05) is 53.6 Å². The molecular weight excluding hydrogens is 338 g/mol. The molecule has 0 aliphatic carbocycles. The van der Waals surface area contributed by atoms with Crippen LogP contribution in [0.4, 0.5) is 17.5 Å². The summed E-state index contributed by atoms with van der Waals surface area (Å²) in [5, 5.41) is 15.3. The van der Waals surface area contributed by atoms with Gasteiger partial charge in [-0.15, -0.1) is 0 Å². The quantitative estimate of drug-likeness (QED) is 0.662. The van der Waals surface area contributed by atoms with Crippen molar-refractivity contribution >= 4 is 28.4 Å². The van der Waals surface area contributed by atoms with E-state index in [1.807, 2.05) is 31.3 Å². The first-order valence-electron chi connectivity index (χ1n) is 9.82. The van der Waals surface area contributed by atoms with Crippen LogP contribution < -0.4 is 10.6 Å². The predicted molar refractivity (Wildman–Crippen MR) is 105 cm³/mol. The summed E-state index contributed by atoms with van der Waals surface area (Å²) in [6.07, 6.45) is 7.02. The Balaban J connectivity index is 1.31. The van der Waals surface area contributed by atoms with Crippen molar-refractivity contribution in [3.63, 3.8) is 0 Å². The molecule has 0 spiro atoms. The first kappa shape index (κ1) is 15.4. The molecule has 6 rings (SSSR count). The molecule has 7 nitrogen and oxygen atoms in total. The molecule has 3 aromatic rings. The minimum atomic E-state index is 0.483. The summed E-state index contributed by atoms with van der Waals surface area (Å²) < 4.78 is 0. The highest BCUT2D eigenvalue weighted by Crippen LogP contribution is 2.49. The average Bonchev–Trinajstić information content (AvgIpc) is 3.02. The maximum absolute atomic E-state index is 4.87. The maximum atomic E-state index is 4.87. The van der Waals surface area contributed by atoms with E-state index in [9.17, 15) is 0 Å². The van der Waals surface area contributed by atoms with E-state index in [2.05, 4.69) is 36.8 Å². The molecule has 0 amide bonds. The minimum absolute atomic E-state index is 0.483. The molecule has 3 N–H and O–H groups in total. The van der Waals surface area contributed by atoms with E-state index < -0.39 is 0 Å². The Labute approximate surface area is 157 Å². The molecule has 4 atom stereocenters. The summed E-state index contributed by atoms with van der Waals surface area (Å²) in [5.74, 6) is 2.45. The number of fused-ring (bicyclic) bond motifs is 1. The zero-order valence-electron chi connectivity index (χ0n) is 15.3. The lowest BCUT2D eigenvalue weighted by Crippen LogP contribution is -2.73. The molecule has 6 heterocycles. The molecule has 27 heavy (non-hydrogen) atoms. The Morgan fingerprint density at radius 2 is 1.89 bits per heavy atom. The van der Waals surface area contributed by atoms with Crippen LogP contribution in [-0.4, -0.2) is 49.2 Å². The van der Waals surface area contributed by atoms with Crippen LogP contribution in [0.5, 0.6) is 0 Å². The lowest BCUT2D eigenvalue weighted by molar-refractivity contribution is -0.146. The Morgan fingerprint density at radius 3 is 2.63 bits per heavy atom. The molecule has 0 radical (unpaired) electrons. The number of nitrogens with one attached hydrogen (secondary N) is 3. The van der Waals surface area contributed by atoms with Gasteiger partial charge in [-0.25, -0.2) is 4.98 Å². The van der Waals surface area contributed by atoms with Crippen LogP contribution in [0.25, 0.3) is 10.9 Å². The standard InChI is InChI=1S/C20H23N7/c1-11-5-19(26-25-11)23-18-10-17-16(3-2-4-21-17)20(24-18)22-12-6-13-8-15-9-14(7-12)27(13)15/h2-5,10,12-15H,6-9H2,1H3,(H3,22,23,24,25,26)/t12-,13+,14-,15?. The van der Waals surface area contributed by atoms with Gasteiger partial charge < -0.3 is 10.6 Å². The van der Waals surface area contributed by atoms with Crippen LogP contribution in [-0.2, 0) is 0 Å². The zero-order valence-corrected chi connectivity index (χ0v) is 15.3. The van der Waals surface area contributed by atoms with Crippen molar-refractivity contribution in [2.24, 2.45) is 0 Å². The van der Waals surface area contributed by atoms with E-state index in [-0.39, 0.29) is 0 Å². The van der Waals surface area contributed by atoms with Crippen molar-refractivity contribution in [2.75, 3.05) is 10.6 Å². The van der Waals surface area contributed by atoms with Gasteiger partial charge in [0.2, 0.25) is 0 Å². The molecule has 3 aliphatic heterocycles. The lowest BCUT2D eigenvalue weighted by Gasteiger charge is -2.66. The fraction of sp³-hybridized carbons (Fsp3) is 0.450. The average molecular weight is 361 g/mol. The Bertz CT molecular complexity index is 996. The van der Waals surface area contributed by atoms with Crippen LogP contribution in [0, 0.1) is 6.92 Å².